The number of ether oxygens (including phenoxy) is 1. The molecule has 19 heavy (non-hydrogen) atoms. The van der Waals surface area contributed by atoms with Crippen molar-refractivity contribution >= 4 is 5.76 Å². The molecule has 4 heteroatoms. The molecule has 0 amide bonds. The van der Waals surface area contributed by atoms with Crippen molar-refractivity contribution in [2.24, 2.45) is 0 Å². The number of aliphatic hydroxyl groups is 2. The first-order valence-electron chi connectivity index (χ1n) is 5.83. The van der Waals surface area contributed by atoms with Crippen molar-refractivity contribution in [2.45, 2.75) is 6.10 Å². The molecular weight excluding hydrogens is 244 g/mol. The van der Waals surface area contributed by atoms with Gasteiger partial charge in [-0.15, -0.1) is 0 Å². The lowest BCUT2D eigenvalue weighted by molar-refractivity contribution is 0.234. The van der Waals surface area contributed by atoms with Crippen LogP contribution in [0.25, 0.3) is 5.76 Å². The Hall–Kier alpha value is -2.46. The zero-order valence-corrected chi connectivity index (χ0v) is 9.95. The van der Waals surface area contributed by atoms with Gasteiger partial charge in [-0.1, -0.05) is 0 Å². The SMILES string of the molecule is OC1=CC(O)C2=CC=C(c3ccc(O)cc3)OC2=C1. The van der Waals surface area contributed by atoms with Crippen LogP contribution < -0.4 is 0 Å². The van der Waals surface area contributed by atoms with Crippen molar-refractivity contribution in [1.82, 2.24) is 0 Å². The van der Waals surface area contributed by atoms with Crippen molar-refractivity contribution in [3.63, 3.8) is 0 Å². The van der Waals surface area contributed by atoms with Crippen molar-refractivity contribution in [1.29, 1.82) is 0 Å². The summed E-state index contributed by atoms with van der Waals surface area (Å²) in [6.45, 7) is 0. The molecule has 0 spiro atoms. The Labute approximate surface area is 109 Å². The predicted molar refractivity (Wildman–Crippen MR) is 70.1 cm³/mol. The van der Waals surface area contributed by atoms with Crippen LogP contribution in [0.1, 0.15) is 5.56 Å². The largest absolute Gasteiger partial charge is 0.508 e. The van der Waals surface area contributed by atoms with Crippen LogP contribution in [0, 0.1) is 0 Å². The van der Waals surface area contributed by atoms with Gasteiger partial charge in [-0.2, -0.15) is 0 Å². The van der Waals surface area contributed by atoms with Gasteiger partial charge in [0.15, 0.2) is 0 Å². The first-order valence-corrected chi connectivity index (χ1v) is 5.83. The summed E-state index contributed by atoms with van der Waals surface area (Å²) >= 11 is 0. The molecular formula is C15H12O4. The van der Waals surface area contributed by atoms with Crippen molar-refractivity contribution in [2.75, 3.05) is 0 Å². The third-order valence-electron chi connectivity index (χ3n) is 3.00. The van der Waals surface area contributed by atoms with Crippen LogP contribution in [0.5, 0.6) is 5.75 Å². The van der Waals surface area contributed by atoms with E-state index in [1.54, 1.807) is 36.4 Å². The number of rotatable bonds is 1. The topological polar surface area (TPSA) is 69.9 Å². The molecule has 3 rings (SSSR count). The lowest BCUT2D eigenvalue weighted by atomic mass is 9.98. The quantitative estimate of drug-likeness (QED) is 0.721. The Kier molecular flexibility index (Phi) is 2.65. The second-order valence-corrected chi connectivity index (χ2v) is 4.35. The summed E-state index contributed by atoms with van der Waals surface area (Å²) in [7, 11) is 0. The standard InChI is InChI=1S/C15H12O4/c16-10-3-1-9(2-4-10)14-6-5-12-13(18)7-11(17)8-15(12)19-14/h1-8,13,16-18H. The highest BCUT2D eigenvalue weighted by atomic mass is 16.5. The van der Waals surface area contributed by atoms with Gasteiger partial charge >= 0.3 is 0 Å². The second kappa shape index (κ2) is 4.33. The molecule has 0 bridgehead atoms. The first kappa shape index (κ1) is 11.6. The van der Waals surface area contributed by atoms with Gasteiger partial charge in [-0.25, -0.2) is 0 Å². The Morgan fingerprint density at radius 2 is 1.68 bits per heavy atom. The summed E-state index contributed by atoms with van der Waals surface area (Å²) in [5.41, 5.74) is 1.41. The van der Waals surface area contributed by atoms with E-state index in [2.05, 4.69) is 0 Å². The number of hydrogen-bond donors (Lipinski definition) is 3. The van der Waals surface area contributed by atoms with Crippen molar-refractivity contribution in [3.05, 3.63) is 71.2 Å². The van der Waals surface area contributed by atoms with Crippen molar-refractivity contribution < 1.29 is 20.1 Å². The maximum atomic E-state index is 9.78. The van der Waals surface area contributed by atoms with Crippen LogP contribution >= 0.6 is 0 Å². The predicted octanol–water partition coefficient (Wildman–Crippen LogP) is 2.39. The third kappa shape index (κ3) is 2.13. The van der Waals surface area contributed by atoms with Gasteiger partial charge < -0.3 is 20.1 Å². The molecule has 2 aliphatic rings. The fraction of sp³-hybridized carbons (Fsp3) is 0.0667. The van der Waals surface area contributed by atoms with E-state index in [0.29, 0.717) is 17.1 Å². The minimum absolute atomic E-state index is 0.0217. The lowest BCUT2D eigenvalue weighted by Crippen LogP contribution is -2.17. The summed E-state index contributed by atoms with van der Waals surface area (Å²) in [5.74, 6) is 1.19. The van der Waals surface area contributed by atoms with E-state index in [1.807, 2.05) is 0 Å². The Balaban J connectivity index is 1.96. The zero-order chi connectivity index (χ0) is 13.4. The highest BCUT2D eigenvalue weighted by Gasteiger charge is 2.24. The van der Waals surface area contributed by atoms with Gasteiger partial charge in [0, 0.05) is 17.2 Å². The van der Waals surface area contributed by atoms with E-state index >= 15 is 0 Å². The van der Waals surface area contributed by atoms with Gasteiger partial charge in [-0.3, -0.25) is 0 Å². The molecule has 1 aliphatic carbocycles. The molecule has 96 valence electrons. The summed E-state index contributed by atoms with van der Waals surface area (Å²) in [6, 6.07) is 6.60. The first-order chi connectivity index (χ1) is 9.13. The molecule has 0 aromatic heterocycles. The van der Waals surface area contributed by atoms with E-state index in [-0.39, 0.29) is 11.5 Å². The minimum atomic E-state index is -0.863. The van der Waals surface area contributed by atoms with Crippen LogP contribution in [-0.2, 0) is 4.74 Å². The molecule has 1 aromatic rings. The van der Waals surface area contributed by atoms with Gasteiger partial charge in [0.2, 0.25) is 0 Å². The van der Waals surface area contributed by atoms with Gasteiger partial charge in [0.25, 0.3) is 0 Å². The number of fused-ring (bicyclic) bond motifs is 1. The Bertz CT molecular complexity index is 633. The maximum absolute atomic E-state index is 9.78. The molecule has 4 nitrogen and oxygen atoms in total. The van der Waals surface area contributed by atoms with E-state index in [1.165, 1.54) is 12.2 Å². The van der Waals surface area contributed by atoms with Crippen molar-refractivity contribution in [3.8, 4) is 5.75 Å². The van der Waals surface area contributed by atoms with Crippen LogP contribution in [0.2, 0.25) is 0 Å². The monoisotopic (exact) mass is 256 g/mol. The summed E-state index contributed by atoms with van der Waals surface area (Å²) in [5, 5.41) is 28.5. The average Bonchev–Trinajstić information content (AvgIpc) is 2.38. The number of phenolic OH excluding ortho intramolecular Hbond substituents is 1. The van der Waals surface area contributed by atoms with E-state index < -0.39 is 6.10 Å². The van der Waals surface area contributed by atoms with Gasteiger partial charge in [-0.05, 0) is 42.5 Å². The highest BCUT2D eigenvalue weighted by Crippen LogP contribution is 2.33. The van der Waals surface area contributed by atoms with Crippen LogP contribution in [0.4, 0.5) is 0 Å². The molecule has 0 saturated heterocycles. The summed E-state index contributed by atoms with van der Waals surface area (Å²) < 4.78 is 5.67. The molecule has 1 aromatic carbocycles. The smallest absolute Gasteiger partial charge is 0.137 e. The normalized spacial score (nSPS) is 21.4. The molecule has 3 N–H and O–H groups in total. The number of benzene rings is 1. The number of phenols is 1. The van der Waals surface area contributed by atoms with E-state index in [9.17, 15) is 15.3 Å². The number of aromatic hydroxyl groups is 1. The molecule has 0 saturated carbocycles. The molecule has 1 aliphatic heterocycles. The van der Waals surface area contributed by atoms with Crippen LogP contribution in [-0.4, -0.2) is 21.4 Å². The molecule has 1 heterocycles. The Morgan fingerprint density at radius 3 is 2.42 bits per heavy atom. The highest BCUT2D eigenvalue weighted by molar-refractivity contribution is 5.67. The fourth-order valence-corrected chi connectivity index (χ4v) is 2.03. The molecule has 1 unspecified atom stereocenters. The van der Waals surface area contributed by atoms with Crippen LogP contribution in [0.3, 0.4) is 0 Å². The van der Waals surface area contributed by atoms with E-state index in [0.717, 1.165) is 5.56 Å². The number of allylic oxidation sites excluding steroid dienone is 3. The molecule has 1 atom stereocenters. The molecule has 0 fully saturated rings. The summed E-state index contributed by atoms with van der Waals surface area (Å²) in [6.07, 6.45) is 5.45. The minimum Gasteiger partial charge on any atom is -0.508 e. The van der Waals surface area contributed by atoms with E-state index in [4.69, 9.17) is 4.74 Å². The van der Waals surface area contributed by atoms with Crippen LogP contribution in [0.15, 0.2) is 65.7 Å². The maximum Gasteiger partial charge on any atom is 0.137 e. The van der Waals surface area contributed by atoms with Gasteiger partial charge in [0.1, 0.15) is 29.1 Å². The fourth-order valence-electron chi connectivity index (χ4n) is 2.03. The number of aliphatic hydroxyl groups excluding tert-OH is 2. The molecule has 0 radical (unpaired) electrons. The number of hydrogen-bond acceptors (Lipinski definition) is 4. The lowest BCUT2D eigenvalue weighted by Gasteiger charge is -2.24. The Morgan fingerprint density at radius 1 is 0.947 bits per heavy atom. The van der Waals surface area contributed by atoms with Gasteiger partial charge in [0.05, 0.1) is 0 Å². The second-order valence-electron chi connectivity index (χ2n) is 4.35. The summed E-state index contributed by atoms with van der Waals surface area (Å²) in [4.78, 5) is 0. The average molecular weight is 256 g/mol. The third-order valence-corrected chi connectivity index (χ3v) is 3.00. The zero-order valence-electron chi connectivity index (χ0n) is 9.95.